The van der Waals surface area contributed by atoms with Crippen molar-refractivity contribution < 1.29 is 23.1 Å². The van der Waals surface area contributed by atoms with E-state index in [4.69, 9.17) is 0 Å². The highest BCUT2D eigenvalue weighted by Gasteiger charge is 2.57. The molecule has 22 heavy (non-hydrogen) atoms. The maximum absolute atomic E-state index is 12.9. The number of aromatic amines is 1. The molecule has 1 aliphatic rings. The number of aromatic nitrogens is 1. The number of amides is 1. The van der Waals surface area contributed by atoms with Crippen LogP contribution in [0.3, 0.4) is 0 Å². The minimum Gasteiger partial charge on any atom is -0.379 e. The van der Waals surface area contributed by atoms with Gasteiger partial charge in [-0.3, -0.25) is 4.79 Å². The van der Waals surface area contributed by atoms with Gasteiger partial charge in [-0.2, -0.15) is 13.2 Å². The van der Waals surface area contributed by atoms with Gasteiger partial charge in [-0.25, -0.2) is 0 Å². The first kappa shape index (κ1) is 14.9. The molecule has 2 N–H and O–H groups in total. The highest BCUT2D eigenvalue weighted by molar-refractivity contribution is 6.08. The van der Waals surface area contributed by atoms with E-state index in [1.165, 1.54) is 0 Å². The number of carbonyl (C=O) groups excluding carboxylic acids is 1. The van der Waals surface area contributed by atoms with Gasteiger partial charge in [-0.1, -0.05) is 18.2 Å². The van der Waals surface area contributed by atoms with Crippen molar-refractivity contribution in [2.24, 2.45) is 0 Å². The van der Waals surface area contributed by atoms with Crippen LogP contribution in [0, 0.1) is 6.92 Å². The number of fused-ring (bicyclic) bond motifs is 1. The summed E-state index contributed by atoms with van der Waals surface area (Å²) < 4.78 is 38.6. The van der Waals surface area contributed by atoms with E-state index in [9.17, 15) is 23.1 Å². The molecule has 0 aliphatic carbocycles. The molecule has 2 heterocycles. The van der Waals surface area contributed by atoms with Gasteiger partial charge in [0.25, 0.3) is 5.91 Å². The van der Waals surface area contributed by atoms with Crippen LogP contribution in [-0.2, 0) is 0 Å². The van der Waals surface area contributed by atoms with Crippen LogP contribution in [0.5, 0.6) is 0 Å². The maximum Gasteiger partial charge on any atom is 0.419 e. The van der Waals surface area contributed by atoms with Crippen LogP contribution in [0.2, 0.25) is 0 Å². The van der Waals surface area contributed by atoms with Crippen LogP contribution in [-0.4, -0.2) is 45.8 Å². The van der Waals surface area contributed by atoms with Crippen LogP contribution in [0.1, 0.15) is 22.5 Å². The number of hydrogen-bond donors (Lipinski definition) is 2. The molecule has 0 radical (unpaired) electrons. The summed E-state index contributed by atoms with van der Waals surface area (Å²) in [7, 11) is 0. The topological polar surface area (TPSA) is 56.3 Å². The summed E-state index contributed by atoms with van der Waals surface area (Å²) >= 11 is 0. The Morgan fingerprint density at radius 3 is 2.68 bits per heavy atom. The van der Waals surface area contributed by atoms with Gasteiger partial charge in [-0.15, -0.1) is 0 Å². The lowest BCUT2D eigenvalue weighted by Crippen LogP contribution is -2.48. The second kappa shape index (κ2) is 4.74. The fourth-order valence-corrected chi connectivity index (χ4v) is 2.91. The molecule has 1 saturated heterocycles. The number of halogens is 3. The van der Waals surface area contributed by atoms with Crippen LogP contribution in [0.15, 0.2) is 24.3 Å². The van der Waals surface area contributed by atoms with Gasteiger partial charge in [0, 0.05) is 29.6 Å². The second-order valence-electron chi connectivity index (χ2n) is 5.68. The SMILES string of the molecule is Cc1[nH]c2ccccc2c1C(=O)N1CC[C@@](O)(C(F)(F)F)C1. The Morgan fingerprint density at radius 2 is 2.05 bits per heavy atom. The summed E-state index contributed by atoms with van der Waals surface area (Å²) in [6.45, 7) is 0.862. The number of rotatable bonds is 1. The van der Waals surface area contributed by atoms with Gasteiger partial charge in [0.15, 0.2) is 5.60 Å². The largest absolute Gasteiger partial charge is 0.419 e. The average Bonchev–Trinajstić information content (AvgIpc) is 2.98. The number of nitrogens with zero attached hydrogens (tertiary/aromatic N) is 1. The highest BCUT2D eigenvalue weighted by atomic mass is 19.4. The number of carbonyl (C=O) groups is 1. The summed E-state index contributed by atoms with van der Waals surface area (Å²) in [4.78, 5) is 16.7. The fourth-order valence-electron chi connectivity index (χ4n) is 2.91. The van der Waals surface area contributed by atoms with Crippen LogP contribution >= 0.6 is 0 Å². The second-order valence-corrected chi connectivity index (χ2v) is 5.68. The smallest absolute Gasteiger partial charge is 0.379 e. The Morgan fingerprint density at radius 1 is 1.36 bits per heavy atom. The van der Waals surface area contributed by atoms with Gasteiger partial charge >= 0.3 is 6.18 Å². The van der Waals surface area contributed by atoms with E-state index in [2.05, 4.69) is 4.98 Å². The number of H-pyrrole nitrogens is 1. The lowest BCUT2D eigenvalue weighted by atomic mass is 10.0. The summed E-state index contributed by atoms with van der Waals surface area (Å²) in [6.07, 6.45) is -5.24. The van der Waals surface area contributed by atoms with E-state index in [0.717, 1.165) is 10.4 Å². The first-order valence-corrected chi connectivity index (χ1v) is 6.89. The molecule has 0 saturated carbocycles. The number of alkyl halides is 3. The van der Waals surface area contributed by atoms with Gasteiger partial charge in [0.1, 0.15) is 0 Å². The Balaban J connectivity index is 1.94. The van der Waals surface area contributed by atoms with Gasteiger partial charge in [0.2, 0.25) is 0 Å². The van der Waals surface area contributed by atoms with Crippen LogP contribution in [0.4, 0.5) is 13.2 Å². The van der Waals surface area contributed by atoms with E-state index in [1.807, 2.05) is 6.07 Å². The van der Waals surface area contributed by atoms with Crippen molar-refractivity contribution in [3.8, 4) is 0 Å². The quantitative estimate of drug-likeness (QED) is 0.850. The predicted octanol–water partition coefficient (Wildman–Crippen LogP) is 2.62. The summed E-state index contributed by atoms with van der Waals surface area (Å²) in [5.41, 5.74) is -1.09. The third kappa shape index (κ3) is 2.16. The molecule has 0 spiro atoms. The molecule has 1 aromatic carbocycles. The third-order valence-electron chi connectivity index (χ3n) is 4.17. The van der Waals surface area contributed by atoms with E-state index >= 15 is 0 Å². The molecular formula is C15H15F3N2O2. The molecule has 1 aliphatic heterocycles. The van der Waals surface area contributed by atoms with Crippen molar-refractivity contribution in [1.82, 2.24) is 9.88 Å². The van der Waals surface area contributed by atoms with E-state index in [0.29, 0.717) is 16.6 Å². The van der Waals surface area contributed by atoms with Crippen molar-refractivity contribution in [2.45, 2.75) is 25.1 Å². The van der Waals surface area contributed by atoms with E-state index in [1.54, 1.807) is 25.1 Å². The molecule has 7 heteroatoms. The number of β-amino-alcohol motifs (C(OH)–C–C–N with tert-alkyl or cyclic N) is 1. The third-order valence-corrected chi connectivity index (χ3v) is 4.17. The molecule has 4 nitrogen and oxygen atoms in total. The zero-order valence-corrected chi connectivity index (χ0v) is 11.9. The Labute approximate surface area is 124 Å². The number of aryl methyl sites for hydroxylation is 1. The Hall–Kier alpha value is -2.02. The first-order chi connectivity index (χ1) is 10.2. The van der Waals surface area contributed by atoms with Gasteiger partial charge < -0.3 is 15.0 Å². The van der Waals surface area contributed by atoms with Crippen molar-refractivity contribution in [3.05, 3.63) is 35.5 Å². The molecule has 2 aromatic rings. The number of para-hydroxylation sites is 1. The zero-order valence-electron chi connectivity index (χ0n) is 11.9. The summed E-state index contributed by atoms with van der Waals surface area (Å²) in [5.74, 6) is -0.491. The molecule has 1 amide bonds. The fraction of sp³-hybridized carbons (Fsp3) is 0.400. The molecule has 1 aromatic heterocycles. The molecule has 1 atom stereocenters. The van der Waals surface area contributed by atoms with Crippen molar-refractivity contribution in [3.63, 3.8) is 0 Å². The molecule has 3 rings (SSSR count). The van der Waals surface area contributed by atoms with Crippen LogP contribution < -0.4 is 0 Å². The molecule has 0 unspecified atom stereocenters. The number of benzene rings is 1. The summed E-state index contributed by atoms with van der Waals surface area (Å²) in [5, 5.41) is 10.4. The van der Waals surface area contributed by atoms with Crippen molar-refractivity contribution >= 4 is 16.8 Å². The maximum atomic E-state index is 12.9. The minimum absolute atomic E-state index is 0.117. The van der Waals surface area contributed by atoms with E-state index < -0.39 is 30.7 Å². The monoisotopic (exact) mass is 312 g/mol. The molecule has 118 valence electrons. The van der Waals surface area contributed by atoms with Crippen molar-refractivity contribution in [1.29, 1.82) is 0 Å². The predicted molar refractivity (Wildman–Crippen MR) is 74.6 cm³/mol. The molecule has 0 bridgehead atoms. The highest BCUT2D eigenvalue weighted by Crippen LogP contribution is 2.38. The molecular weight excluding hydrogens is 297 g/mol. The number of nitrogens with one attached hydrogen (secondary N) is 1. The first-order valence-electron chi connectivity index (χ1n) is 6.89. The number of aliphatic hydroxyl groups is 1. The Bertz CT molecular complexity index is 738. The zero-order chi connectivity index (χ0) is 16.1. The van der Waals surface area contributed by atoms with Gasteiger partial charge in [-0.05, 0) is 13.0 Å². The Kier molecular flexibility index (Phi) is 3.21. The normalized spacial score (nSPS) is 22.5. The average molecular weight is 312 g/mol. The molecule has 1 fully saturated rings. The number of likely N-dealkylation sites (tertiary alicyclic amines) is 1. The number of hydrogen-bond acceptors (Lipinski definition) is 2. The lowest BCUT2D eigenvalue weighted by molar-refractivity contribution is -0.253. The van der Waals surface area contributed by atoms with Gasteiger partial charge in [0.05, 0.1) is 12.1 Å². The minimum atomic E-state index is -4.74. The lowest BCUT2D eigenvalue weighted by Gasteiger charge is -2.26. The van der Waals surface area contributed by atoms with Crippen LogP contribution in [0.25, 0.3) is 10.9 Å². The van der Waals surface area contributed by atoms with E-state index in [-0.39, 0.29) is 6.54 Å². The standard InChI is InChI=1S/C15H15F3N2O2/c1-9-12(10-4-2-3-5-11(10)19-9)13(21)20-7-6-14(22,8-20)15(16,17)18/h2-5,19,22H,6-8H2,1H3/t14-/m0/s1. The summed E-state index contributed by atoms with van der Waals surface area (Å²) in [6, 6.07) is 7.13. The van der Waals surface area contributed by atoms with Crippen molar-refractivity contribution in [2.75, 3.05) is 13.1 Å².